The van der Waals surface area contributed by atoms with Gasteiger partial charge in [0.15, 0.2) is 0 Å². The van der Waals surface area contributed by atoms with Crippen molar-refractivity contribution in [1.29, 1.82) is 5.26 Å². The third kappa shape index (κ3) is 4.13. The van der Waals surface area contributed by atoms with Gasteiger partial charge in [-0.3, -0.25) is 0 Å². The summed E-state index contributed by atoms with van der Waals surface area (Å²) in [6.07, 6.45) is 4.14. The molecule has 0 amide bonds. The number of carbonyl (C=O) groups is 1. The van der Waals surface area contributed by atoms with Crippen molar-refractivity contribution in [3.8, 4) is 11.8 Å². The summed E-state index contributed by atoms with van der Waals surface area (Å²) >= 11 is 0. The molecule has 1 aliphatic rings. The van der Waals surface area contributed by atoms with Gasteiger partial charge in [-0.1, -0.05) is 25.8 Å². The molecule has 6 heteroatoms. The first-order valence-corrected chi connectivity index (χ1v) is 8.79. The van der Waals surface area contributed by atoms with Gasteiger partial charge in [-0.15, -0.1) is 0 Å². The second-order valence-electron chi connectivity index (χ2n) is 6.96. The van der Waals surface area contributed by atoms with E-state index in [1.807, 2.05) is 0 Å². The third-order valence-electron chi connectivity index (χ3n) is 5.04. The predicted octanol–water partition coefficient (Wildman–Crippen LogP) is 5.49. The Morgan fingerprint density at radius 2 is 1.67 bits per heavy atom. The summed E-state index contributed by atoms with van der Waals surface area (Å²) in [5.74, 6) is -3.58. The molecule has 140 valence electrons. The molecule has 0 heterocycles. The highest BCUT2D eigenvalue weighted by atomic mass is 19.1. The first-order valence-electron chi connectivity index (χ1n) is 8.79. The maximum absolute atomic E-state index is 14.4. The molecule has 2 aromatic carbocycles. The molecule has 3 nitrogen and oxygen atoms in total. The minimum atomic E-state index is -1.15. The van der Waals surface area contributed by atoms with Crippen LogP contribution in [0, 0.1) is 34.7 Å². The van der Waals surface area contributed by atoms with E-state index in [1.54, 1.807) is 6.07 Å². The van der Waals surface area contributed by atoms with Gasteiger partial charge in [0.05, 0.1) is 5.56 Å². The van der Waals surface area contributed by atoms with Gasteiger partial charge in [0.25, 0.3) is 0 Å². The molecule has 1 fully saturated rings. The molecule has 2 aromatic rings. The largest absolute Gasteiger partial charge is 0.423 e. The van der Waals surface area contributed by atoms with E-state index in [-0.39, 0.29) is 11.5 Å². The topological polar surface area (TPSA) is 50.1 Å². The van der Waals surface area contributed by atoms with E-state index in [0.29, 0.717) is 5.92 Å². The normalized spacial score (nSPS) is 19.4. The zero-order valence-corrected chi connectivity index (χ0v) is 14.8. The van der Waals surface area contributed by atoms with E-state index in [1.165, 1.54) is 18.2 Å². The summed E-state index contributed by atoms with van der Waals surface area (Å²) in [5, 5.41) is 8.65. The molecule has 0 N–H and O–H groups in total. The van der Waals surface area contributed by atoms with Crippen molar-refractivity contribution in [2.45, 2.75) is 38.5 Å². The van der Waals surface area contributed by atoms with Crippen LogP contribution >= 0.6 is 0 Å². The van der Waals surface area contributed by atoms with Crippen LogP contribution in [0.25, 0.3) is 0 Å². The Hall–Kier alpha value is -2.81. The average Bonchev–Trinajstić information content (AvgIpc) is 2.62. The van der Waals surface area contributed by atoms with Gasteiger partial charge < -0.3 is 4.74 Å². The number of carbonyl (C=O) groups excluding carboxylic acids is 1. The summed E-state index contributed by atoms with van der Waals surface area (Å²) in [6, 6.07) is 7.17. The van der Waals surface area contributed by atoms with Gasteiger partial charge >= 0.3 is 5.97 Å². The SMILES string of the molecule is CC1CCC(c2ccc(C(=O)Oc3cc(F)c(C#N)c(F)c3)c(F)c2)CC1. The van der Waals surface area contributed by atoms with Crippen molar-refractivity contribution in [1.82, 2.24) is 0 Å². The lowest BCUT2D eigenvalue weighted by Gasteiger charge is -2.26. The van der Waals surface area contributed by atoms with Crippen LogP contribution in [0.1, 0.15) is 60.0 Å². The molecule has 1 saturated carbocycles. The number of esters is 1. The lowest BCUT2D eigenvalue weighted by Crippen LogP contribution is -2.14. The minimum Gasteiger partial charge on any atom is -0.423 e. The van der Waals surface area contributed by atoms with Crippen LogP contribution in [0.5, 0.6) is 5.75 Å². The monoisotopic (exact) mass is 373 g/mol. The summed E-state index contributed by atoms with van der Waals surface area (Å²) in [5.41, 5.74) is -0.244. The Bertz CT molecular complexity index is 889. The predicted molar refractivity (Wildman–Crippen MR) is 92.8 cm³/mol. The van der Waals surface area contributed by atoms with Crippen molar-refractivity contribution >= 4 is 5.97 Å². The van der Waals surface area contributed by atoms with E-state index >= 15 is 0 Å². The van der Waals surface area contributed by atoms with Crippen LogP contribution in [0.4, 0.5) is 13.2 Å². The Morgan fingerprint density at radius 1 is 1.04 bits per heavy atom. The van der Waals surface area contributed by atoms with Crippen molar-refractivity contribution < 1.29 is 22.7 Å². The van der Waals surface area contributed by atoms with Gasteiger partial charge in [-0.05, 0) is 42.4 Å². The van der Waals surface area contributed by atoms with Crippen LogP contribution in [0.3, 0.4) is 0 Å². The molecule has 0 atom stereocenters. The van der Waals surface area contributed by atoms with E-state index in [2.05, 4.69) is 6.92 Å². The van der Waals surface area contributed by atoms with Crippen LogP contribution in [0.2, 0.25) is 0 Å². The van der Waals surface area contributed by atoms with Crippen LogP contribution in [-0.2, 0) is 0 Å². The highest BCUT2D eigenvalue weighted by molar-refractivity contribution is 5.91. The zero-order chi connectivity index (χ0) is 19.6. The molecular weight excluding hydrogens is 355 g/mol. The van der Waals surface area contributed by atoms with E-state index < -0.39 is 34.7 Å². The molecule has 0 spiro atoms. The van der Waals surface area contributed by atoms with Gasteiger partial charge in [0.1, 0.15) is 34.8 Å². The van der Waals surface area contributed by atoms with Gasteiger partial charge in [-0.2, -0.15) is 5.26 Å². The lowest BCUT2D eigenvalue weighted by atomic mass is 9.79. The van der Waals surface area contributed by atoms with Crippen LogP contribution < -0.4 is 4.74 Å². The number of hydrogen-bond donors (Lipinski definition) is 0. The number of halogens is 3. The van der Waals surface area contributed by atoms with Crippen molar-refractivity contribution in [3.63, 3.8) is 0 Å². The first-order chi connectivity index (χ1) is 12.9. The van der Waals surface area contributed by atoms with Crippen molar-refractivity contribution in [3.05, 3.63) is 64.5 Å². The zero-order valence-electron chi connectivity index (χ0n) is 14.8. The van der Waals surface area contributed by atoms with E-state index in [0.717, 1.165) is 43.4 Å². The van der Waals surface area contributed by atoms with Crippen LogP contribution in [-0.4, -0.2) is 5.97 Å². The Kier molecular flexibility index (Phi) is 5.50. The maximum Gasteiger partial charge on any atom is 0.346 e. The second-order valence-corrected chi connectivity index (χ2v) is 6.96. The average molecular weight is 373 g/mol. The summed E-state index contributed by atoms with van der Waals surface area (Å²) in [6.45, 7) is 2.20. The Balaban J connectivity index is 1.77. The molecular formula is C21H18F3NO2. The number of nitrogens with zero attached hydrogens (tertiary/aromatic N) is 1. The highest BCUT2D eigenvalue weighted by Gasteiger charge is 2.22. The van der Waals surface area contributed by atoms with Crippen molar-refractivity contribution in [2.75, 3.05) is 0 Å². The van der Waals surface area contributed by atoms with E-state index in [9.17, 15) is 18.0 Å². The fourth-order valence-electron chi connectivity index (χ4n) is 3.42. The summed E-state index contributed by atoms with van der Waals surface area (Å²) in [4.78, 5) is 12.2. The quantitative estimate of drug-likeness (QED) is 0.528. The van der Waals surface area contributed by atoms with E-state index in [4.69, 9.17) is 10.00 Å². The fraction of sp³-hybridized carbons (Fsp3) is 0.333. The molecule has 0 bridgehead atoms. The Morgan fingerprint density at radius 3 is 2.22 bits per heavy atom. The maximum atomic E-state index is 14.4. The molecule has 0 saturated heterocycles. The Labute approximate surface area is 155 Å². The third-order valence-corrected chi connectivity index (χ3v) is 5.04. The number of rotatable bonds is 3. The second kappa shape index (κ2) is 7.83. The lowest BCUT2D eigenvalue weighted by molar-refractivity contribution is 0.0729. The molecule has 3 rings (SSSR count). The smallest absolute Gasteiger partial charge is 0.346 e. The first kappa shape index (κ1) is 19.0. The summed E-state index contributed by atoms with van der Waals surface area (Å²) in [7, 11) is 0. The number of hydrogen-bond acceptors (Lipinski definition) is 3. The summed E-state index contributed by atoms with van der Waals surface area (Å²) < 4.78 is 46.5. The number of ether oxygens (including phenoxy) is 1. The highest BCUT2D eigenvalue weighted by Crippen LogP contribution is 2.36. The molecule has 0 radical (unpaired) electrons. The fourth-order valence-corrected chi connectivity index (χ4v) is 3.42. The van der Waals surface area contributed by atoms with Gasteiger partial charge in [-0.25, -0.2) is 18.0 Å². The molecule has 0 unspecified atom stereocenters. The number of benzene rings is 2. The van der Waals surface area contributed by atoms with Crippen molar-refractivity contribution in [2.24, 2.45) is 5.92 Å². The van der Waals surface area contributed by atoms with Crippen LogP contribution in [0.15, 0.2) is 30.3 Å². The molecule has 0 aromatic heterocycles. The molecule has 1 aliphatic carbocycles. The van der Waals surface area contributed by atoms with Gasteiger partial charge in [0, 0.05) is 12.1 Å². The molecule has 0 aliphatic heterocycles. The standard InChI is InChI=1S/C21H18F3NO2/c1-12-2-4-13(5-3-12)14-6-7-16(18(22)8-14)21(26)27-15-9-19(23)17(11-25)20(24)10-15/h6-10,12-13H,2-5H2,1H3. The number of nitriles is 1. The van der Waals surface area contributed by atoms with Gasteiger partial charge in [0.2, 0.25) is 0 Å². The molecule has 27 heavy (non-hydrogen) atoms. The minimum absolute atomic E-state index is 0.266.